The molecule has 7 heteroatoms. The largest absolute Gasteiger partial charge is 0.465 e. The lowest BCUT2D eigenvalue weighted by Crippen LogP contribution is -2.06. The number of aromatic nitrogens is 4. The van der Waals surface area contributed by atoms with Gasteiger partial charge in [-0.1, -0.05) is 36.4 Å². The molecule has 0 saturated heterocycles. The summed E-state index contributed by atoms with van der Waals surface area (Å²) in [6.07, 6.45) is 0. The summed E-state index contributed by atoms with van der Waals surface area (Å²) in [5, 5.41) is 0. The number of hydrogen-bond donors (Lipinski definition) is 0. The third-order valence-corrected chi connectivity index (χ3v) is 8.63. The van der Waals surface area contributed by atoms with Gasteiger partial charge in [-0.2, -0.15) is 0 Å². The van der Waals surface area contributed by atoms with Crippen molar-refractivity contribution in [3.63, 3.8) is 0 Å². The molecule has 230 valence electrons. The number of Topliss-reactive ketones (excluding diaryl/α,β-unsaturated/α-hetero) is 1. The molecule has 0 unspecified atom stereocenters. The van der Waals surface area contributed by atoms with Gasteiger partial charge in [-0.25, -0.2) is 14.8 Å². The molecule has 0 amide bonds. The van der Waals surface area contributed by atoms with E-state index in [1.54, 1.807) is 13.0 Å². The predicted molar refractivity (Wildman–Crippen MR) is 180 cm³/mol. The molecule has 6 rings (SSSR count). The summed E-state index contributed by atoms with van der Waals surface area (Å²) >= 11 is 0. The van der Waals surface area contributed by atoms with Crippen molar-refractivity contribution >= 4 is 33.8 Å². The zero-order chi connectivity index (χ0) is 32.4. The Balaban J connectivity index is 0.000000178. The molecule has 0 spiro atoms. The number of esters is 1. The Labute approximate surface area is 264 Å². The maximum atomic E-state index is 11.8. The van der Waals surface area contributed by atoms with E-state index < -0.39 is 0 Å². The normalized spacial score (nSPS) is 11.0. The Morgan fingerprint density at radius 3 is 1.62 bits per heavy atom. The van der Waals surface area contributed by atoms with Gasteiger partial charge in [-0.05, 0) is 118 Å². The van der Waals surface area contributed by atoms with E-state index in [0.29, 0.717) is 11.1 Å². The van der Waals surface area contributed by atoms with Crippen molar-refractivity contribution in [3.8, 4) is 0 Å². The van der Waals surface area contributed by atoms with Crippen LogP contribution in [0.3, 0.4) is 0 Å². The van der Waals surface area contributed by atoms with E-state index in [-0.39, 0.29) is 11.8 Å². The number of aryl methyl sites for hydroxylation is 6. The minimum atomic E-state index is -0.329. The average molecular weight is 601 g/mol. The zero-order valence-electron chi connectivity index (χ0n) is 27.4. The third-order valence-electron chi connectivity index (χ3n) is 8.63. The first kappa shape index (κ1) is 31.4. The van der Waals surface area contributed by atoms with Gasteiger partial charge in [0.15, 0.2) is 5.78 Å². The second-order valence-electron chi connectivity index (χ2n) is 11.7. The number of hydrogen-bond acceptors (Lipinski definition) is 5. The van der Waals surface area contributed by atoms with Gasteiger partial charge in [0.1, 0.15) is 11.6 Å². The van der Waals surface area contributed by atoms with Crippen molar-refractivity contribution in [1.82, 2.24) is 19.1 Å². The van der Waals surface area contributed by atoms with Gasteiger partial charge in [0.2, 0.25) is 0 Å². The highest BCUT2D eigenvalue weighted by molar-refractivity contribution is 5.97. The molecule has 6 aromatic rings. The van der Waals surface area contributed by atoms with Crippen LogP contribution in [0.1, 0.15) is 72.7 Å². The molecule has 45 heavy (non-hydrogen) atoms. The van der Waals surface area contributed by atoms with Crippen LogP contribution in [-0.2, 0) is 17.8 Å². The smallest absolute Gasteiger partial charge is 0.337 e. The van der Waals surface area contributed by atoms with Crippen molar-refractivity contribution < 1.29 is 14.3 Å². The molecule has 0 fully saturated rings. The van der Waals surface area contributed by atoms with Gasteiger partial charge >= 0.3 is 5.97 Å². The number of ether oxygens (including phenoxy) is 1. The van der Waals surface area contributed by atoms with Crippen LogP contribution in [0.2, 0.25) is 0 Å². The third kappa shape index (κ3) is 6.43. The van der Waals surface area contributed by atoms with Crippen LogP contribution in [0.4, 0.5) is 0 Å². The second-order valence-corrected chi connectivity index (χ2v) is 11.7. The van der Waals surface area contributed by atoms with Crippen molar-refractivity contribution in [1.29, 1.82) is 0 Å². The fourth-order valence-corrected chi connectivity index (χ4v) is 5.87. The molecular weight excluding hydrogens is 560 g/mol. The van der Waals surface area contributed by atoms with Gasteiger partial charge < -0.3 is 13.9 Å². The van der Waals surface area contributed by atoms with Gasteiger partial charge in [0.25, 0.3) is 0 Å². The van der Waals surface area contributed by atoms with Crippen LogP contribution in [-0.4, -0.2) is 38.0 Å². The standard InChI is InChI=1S/C19H20N2O2.C19H20N2O/c1-12-6-5-7-13(2)16(12)11-21-14(3)20-17-9-8-15(10-18(17)21)19(22)23-4;1-12-6-5-7-13(2)17(12)11-21-15(4)20-18-10-16(14(3)22)8-9-19(18)21/h5-10H,11H2,1-4H3;5-10H,11H2,1-4H3. The number of ketones is 1. The molecule has 7 nitrogen and oxygen atoms in total. The molecule has 2 aromatic heterocycles. The Hall–Kier alpha value is -5.04. The molecule has 0 bridgehead atoms. The lowest BCUT2D eigenvalue weighted by Gasteiger charge is -2.13. The molecule has 0 N–H and O–H groups in total. The van der Waals surface area contributed by atoms with Crippen molar-refractivity contribution in [2.24, 2.45) is 0 Å². The van der Waals surface area contributed by atoms with Crippen LogP contribution < -0.4 is 0 Å². The first-order valence-electron chi connectivity index (χ1n) is 15.1. The maximum Gasteiger partial charge on any atom is 0.337 e. The molecule has 0 radical (unpaired) electrons. The number of carbonyl (C=O) groups is 2. The molecule has 0 aliphatic rings. The van der Waals surface area contributed by atoms with Crippen LogP contribution in [0.15, 0.2) is 72.8 Å². The van der Waals surface area contributed by atoms with E-state index in [1.165, 1.54) is 40.5 Å². The van der Waals surface area contributed by atoms with Gasteiger partial charge in [-0.3, -0.25) is 4.79 Å². The Kier molecular flexibility index (Phi) is 9.00. The van der Waals surface area contributed by atoms with E-state index >= 15 is 0 Å². The molecule has 0 saturated carbocycles. The summed E-state index contributed by atoms with van der Waals surface area (Å²) in [7, 11) is 1.39. The first-order valence-corrected chi connectivity index (χ1v) is 15.1. The van der Waals surface area contributed by atoms with Crippen LogP contribution in [0, 0.1) is 41.5 Å². The summed E-state index contributed by atoms with van der Waals surface area (Å²) < 4.78 is 9.19. The molecule has 0 aliphatic carbocycles. The first-order chi connectivity index (χ1) is 21.5. The van der Waals surface area contributed by atoms with Crippen molar-refractivity contribution in [3.05, 3.63) is 129 Å². The number of carbonyl (C=O) groups excluding carboxylic acids is 2. The maximum absolute atomic E-state index is 11.8. The SMILES string of the molecule is CC(=O)c1ccc2c(c1)nc(C)n2Cc1c(C)cccc1C.COC(=O)c1ccc2nc(C)n(Cc3c(C)cccc3C)c2c1. The summed E-state index contributed by atoms with van der Waals surface area (Å²) in [6.45, 7) is 15.7. The highest BCUT2D eigenvalue weighted by atomic mass is 16.5. The lowest BCUT2D eigenvalue weighted by atomic mass is 10.0. The molecule has 2 heterocycles. The van der Waals surface area contributed by atoms with E-state index in [1.807, 2.05) is 44.2 Å². The number of benzene rings is 4. The summed E-state index contributed by atoms with van der Waals surface area (Å²) in [5.41, 5.74) is 12.8. The molecule has 4 aromatic carbocycles. The quantitative estimate of drug-likeness (QED) is 0.143. The fourth-order valence-electron chi connectivity index (χ4n) is 5.87. The molecular formula is C38H40N4O3. The summed E-state index contributed by atoms with van der Waals surface area (Å²) in [6, 6.07) is 23.9. The second kappa shape index (κ2) is 12.9. The van der Waals surface area contributed by atoms with Crippen LogP contribution in [0.25, 0.3) is 22.1 Å². The molecule has 0 aliphatic heterocycles. The number of rotatable bonds is 6. The van der Waals surface area contributed by atoms with Gasteiger partial charge in [-0.15, -0.1) is 0 Å². The lowest BCUT2D eigenvalue weighted by molar-refractivity contribution is 0.0600. The minimum Gasteiger partial charge on any atom is -0.465 e. The van der Waals surface area contributed by atoms with E-state index in [0.717, 1.165) is 46.8 Å². The van der Waals surface area contributed by atoms with Crippen LogP contribution in [0.5, 0.6) is 0 Å². The minimum absolute atomic E-state index is 0.0730. The van der Waals surface area contributed by atoms with E-state index in [2.05, 4.69) is 83.2 Å². The van der Waals surface area contributed by atoms with Crippen molar-refractivity contribution in [2.45, 2.75) is 61.6 Å². The highest BCUT2D eigenvalue weighted by Crippen LogP contribution is 2.24. The summed E-state index contributed by atoms with van der Waals surface area (Å²) in [5.74, 6) is 1.65. The number of nitrogens with zero attached hydrogens (tertiary/aromatic N) is 4. The highest BCUT2D eigenvalue weighted by Gasteiger charge is 2.14. The fraction of sp³-hybridized carbons (Fsp3) is 0.263. The Morgan fingerprint density at radius 2 is 1.11 bits per heavy atom. The van der Waals surface area contributed by atoms with Gasteiger partial charge in [0, 0.05) is 18.7 Å². The van der Waals surface area contributed by atoms with Crippen molar-refractivity contribution in [2.75, 3.05) is 7.11 Å². The topological polar surface area (TPSA) is 79.0 Å². The van der Waals surface area contributed by atoms with Gasteiger partial charge in [0.05, 0.1) is 34.7 Å². The number of methoxy groups -OCH3 is 1. The van der Waals surface area contributed by atoms with E-state index in [4.69, 9.17) is 4.74 Å². The van der Waals surface area contributed by atoms with E-state index in [9.17, 15) is 9.59 Å². The molecule has 0 atom stereocenters. The Morgan fingerprint density at radius 1 is 0.622 bits per heavy atom. The zero-order valence-corrected chi connectivity index (χ0v) is 27.4. The monoisotopic (exact) mass is 600 g/mol. The predicted octanol–water partition coefficient (Wildman–Crippen LogP) is 8.01. The average Bonchev–Trinajstić information content (AvgIpc) is 3.50. The number of fused-ring (bicyclic) bond motifs is 2. The summed E-state index contributed by atoms with van der Waals surface area (Å²) in [4.78, 5) is 32.5. The number of imidazole rings is 2. The van der Waals surface area contributed by atoms with Crippen LogP contribution >= 0.6 is 0 Å². The Bertz CT molecular complexity index is 2030.